The Labute approximate surface area is 187 Å². The Balaban J connectivity index is 1.64. The van der Waals surface area contributed by atoms with E-state index in [9.17, 15) is 29.0 Å². The number of aromatic nitrogens is 2. The lowest BCUT2D eigenvalue weighted by atomic mass is 9.90. The van der Waals surface area contributed by atoms with Gasteiger partial charge in [0.2, 0.25) is 11.8 Å². The van der Waals surface area contributed by atoms with Crippen LogP contribution < -0.4 is 16.4 Å². The maximum Gasteiger partial charge on any atom is 0.326 e. The summed E-state index contributed by atoms with van der Waals surface area (Å²) in [5, 5.41) is 33.2. The lowest BCUT2D eigenvalue weighted by molar-refractivity contribution is -0.140. The van der Waals surface area contributed by atoms with Gasteiger partial charge in [0, 0.05) is 13.0 Å². The molecule has 1 unspecified atom stereocenters. The quantitative estimate of drug-likeness (QED) is 0.316. The third-order valence-electron chi connectivity index (χ3n) is 5.42. The fourth-order valence-electron chi connectivity index (χ4n) is 3.66. The van der Waals surface area contributed by atoms with Gasteiger partial charge in [-0.05, 0) is 49.3 Å². The SMILES string of the molecule is Nc1nc(O)c2c(n1)NCC(CCc1ccc(F)c(C(=O)N[C@@H](CCC(=O)O)C(=O)O)c1)C2. The van der Waals surface area contributed by atoms with Gasteiger partial charge >= 0.3 is 11.9 Å². The Morgan fingerprint density at radius 3 is 2.73 bits per heavy atom. The third kappa shape index (κ3) is 6.05. The number of nitrogens with one attached hydrogen (secondary N) is 2. The third-order valence-corrected chi connectivity index (χ3v) is 5.42. The molecule has 0 aliphatic carbocycles. The molecule has 0 saturated carbocycles. The van der Waals surface area contributed by atoms with Gasteiger partial charge in [-0.15, -0.1) is 0 Å². The van der Waals surface area contributed by atoms with E-state index in [1.54, 1.807) is 0 Å². The van der Waals surface area contributed by atoms with Crippen molar-refractivity contribution in [2.75, 3.05) is 17.6 Å². The molecule has 1 aliphatic heterocycles. The predicted octanol–water partition coefficient (Wildman–Crippen LogP) is 1.17. The van der Waals surface area contributed by atoms with Crippen LogP contribution in [0.3, 0.4) is 0 Å². The van der Waals surface area contributed by atoms with Crippen LogP contribution in [0.15, 0.2) is 18.2 Å². The number of hydrogen-bond acceptors (Lipinski definition) is 8. The first-order valence-electron chi connectivity index (χ1n) is 10.3. The first kappa shape index (κ1) is 23.7. The van der Waals surface area contributed by atoms with Crippen molar-refractivity contribution in [1.82, 2.24) is 15.3 Å². The molecular weight excluding hydrogens is 437 g/mol. The molecule has 11 nitrogen and oxygen atoms in total. The van der Waals surface area contributed by atoms with Gasteiger partial charge in [-0.1, -0.05) is 6.07 Å². The number of carbonyl (C=O) groups is 3. The topological polar surface area (TPSA) is 188 Å². The van der Waals surface area contributed by atoms with E-state index in [1.807, 2.05) is 0 Å². The van der Waals surface area contributed by atoms with Crippen LogP contribution in [-0.2, 0) is 22.4 Å². The fourth-order valence-corrected chi connectivity index (χ4v) is 3.66. The second-order valence-corrected chi connectivity index (χ2v) is 7.83. The highest BCUT2D eigenvalue weighted by atomic mass is 19.1. The van der Waals surface area contributed by atoms with Crippen molar-refractivity contribution in [3.05, 3.63) is 40.7 Å². The zero-order chi connectivity index (χ0) is 24.1. The largest absolute Gasteiger partial charge is 0.493 e. The molecule has 0 bridgehead atoms. The van der Waals surface area contributed by atoms with Crippen LogP contribution in [0.1, 0.15) is 40.7 Å². The highest BCUT2D eigenvalue weighted by Gasteiger charge is 2.25. The molecule has 0 saturated heterocycles. The molecule has 176 valence electrons. The number of fused-ring (bicyclic) bond motifs is 1. The van der Waals surface area contributed by atoms with Crippen LogP contribution in [-0.4, -0.2) is 55.7 Å². The lowest BCUT2D eigenvalue weighted by Gasteiger charge is -2.25. The van der Waals surface area contributed by atoms with E-state index in [4.69, 9.17) is 10.8 Å². The molecule has 1 aliphatic rings. The zero-order valence-electron chi connectivity index (χ0n) is 17.5. The van der Waals surface area contributed by atoms with Crippen molar-refractivity contribution in [2.45, 2.75) is 38.1 Å². The second kappa shape index (κ2) is 10.1. The Kier molecular flexibility index (Phi) is 7.26. The van der Waals surface area contributed by atoms with E-state index in [2.05, 4.69) is 20.6 Å². The summed E-state index contributed by atoms with van der Waals surface area (Å²) in [5.74, 6) is -3.94. The molecule has 3 rings (SSSR count). The number of nitrogens with two attached hydrogens (primary N) is 1. The van der Waals surface area contributed by atoms with Gasteiger partial charge in [-0.2, -0.15) is 9.97 Å². The maximum atomic E-state index is 14.3. The fraction of sp³-hybridized carbons (Fsp3) is 0.381. The number of carbonyl (C=O) groups excluding carboxylic acids is 1. The Hall–Kier alpha value is -3.96. The molecule has 0 fully saturated rings. The number of carboxylic acids is 2. The average molecular weight is 461 g/mol. The molecule has 1 aromatic carbocycles. The van der Waals surface area contributed by atoms with E-state index in [0.717, 1.165) is 6.07 Å². The molecular formula is C21H24FN5O6. The number of aliphatic carboxylic acids is 2. The number of amides is 1. The number of aromatic hydroxyl groups is 1. The number of rotatable bonds is 9. The zero-order valence-corrected chi connectivity index (χ0v) is 17.5. The minimum Gasteiger partial charge on any atom is -0.493 e. The summed E-state index contributed by atoms with van der Waals surface area (Å²) in [6, 6.07) is 2.57. The minimum absolute atomic E-state index is 0.0255. The van der Waals surface area contributed by atoms with Crippen LogP contribution in [0.25, 0.3) is 0 Å². The van der Waals surface area contributed by atoms with Gasteiger partial charge in [0.05, 0.1) is 11.1 Å². The van der Waals surface area contributed by atoms with Crippen molar-refractivity contribution >= 4 is 29.6 Å². The summed E-state index contributed by atoms with van der Waals surface area (Å²) in [7, 11) is 0. The highest BCUT2D eigenvalue weighted by molar-refractivity contribution is 5.97. The summed E-state index contributed by atoms with van der Waals surface area (Å²) in [6.07, 6.45) is 0.897. The molecule has 0 spiro atoms. The molecule has 1 amide bonds. The van der Waals surface area contributed by atoms with Crippen molar-refractivity contribution in [3.8, 4) is 5.88 Å². The number of aryl methyl sites for hydroxylation is 1. The molecule has 2 heterocycles. The first-order valence-corrected chi connectivity index (χ1v) is 10.3. The average Bonchev–Trinajstić information content (AvgIpc) is 2.75. The van der Waals surface area contributed by atoms with Crippen LogP contribution in [0, 0.1) is 11.7 Å². The minimum atomic E-state index is -1.45. The van der Waals surface area contributed by atoms with E-state index < -0.39 is 36.1 Å². The standard InChI is InChI=1S/C21H24FN5O6/c22-14-4-3-10(7-12(14)18(30)25-15(20(32)33)5-6-16(28)29)1-2-11-8-13-17(24-9-11)26-21(23)27-19(13)31/h3-4,7,11,15H,1-2,5-6,8-9H2,(H,25,30)(H,28,29)(H,32,33)(H4,23,24,26,27,31)/t11?,15-/m0/s1. The number of hydrogen-bond donors (Lipinski definition) is 6. The van der Waals surface area contributed by atoms with E-state index in [-0.39, 0.29) is 29.7 Å². The summed E-state index contributed by atoms with van der Waals surface area (Å²) >= 11 is 0. The van der Waals surface area contributed by atoms with Gasteiger partial charge in [-0.3, -0.25) is 9.59 Å². The molecule has 7 N–H and O–H groups in total. The van der Waals surface area contributed by atoms with Crippen LogP contribution in [0.2, 0.25) is 0 Å². The van der Waals surface area contributed by atoms with Crippen LogP contribution >= 0.6 is 0 Å². The van der Waals surface area contributed by atoms with Crippen molar-refractivity contribution in [1.29, 1.82) is 0 Å². The van der Waals surface area contributed by atoms with Crippen LogP contribution in [0.4, 0.5) is 16.2 Å². The van der Waals surface area contributed by atoms with Gasteiger partial charge in [-0.25, -0.2) is 9.18 Å². The maximum absolute atomic E-state index is 14.3. The van der Waals surface area contributed by atoms with Crippen molar-refractivity contribution in [2.24, 2.45) is 5.92 Å². The second-order valence-electron chi connectivity index (χ2n) is 7.83. The van der Waals surface area contributed by atoms with Gasteiger partial charge in [0.1, 0.15) is 17.7 Å². The summed E-state index contributed by atoms with van der Waals surface area (Å²) in [5.41, 5.74) is 6.46. The number of nitrogen functional groups attached to an aromatic ring is 1. The summed E-state index contributed by atoms with van der Waals surface area (Å²) in [4.78, 5) is 42.3. The van der Waals surface area contributed by atoms with Gasteiger partial charge < -0.3 is 31.7 Å². The molecule has 0 radical (unpaired) electrons. The van der Waals surface area contributed by atoms with E-state index in [1.165, 1.54) is 12.1 Å². The monoisotopic (exact) mass is 461 g/mol. The molecule has 1 aromatic heterocycles. The Morgan fingerprint density at radius 2 is 2.03 bits per heavy atom. The Morgan fingerprint density at radius 1 is 1.27 bits per heavy atom. The first-order chi connectivity index (χ1) is 15.6. The molecule has 2 aromatic rings. The number of anilines is 2. The smallest absolute Gasteiger partial charge is 0.326 e. The lowest BCUT2D eigenvalue weighted by Crippen LogP contribution is -2.41. The normalized spacial score (nSPS) is 15.7. The number of halogens is 1. The Bertz CT molecular complexity index is 1080. The number of nitrogens with zero attached hydrogens (tertiary/aromatic N) is 2. The van der Waals surface area contributed by atoms with E-state index in [0.29, 0.717) is 42.8 Å². The van der Waals surface area contributed by atoms with Gasteiger partial charge in [0.15, 0.2) is 0 Å². The van der Waals surface area contributed by atoms with Crippen molar-refractivity contribution in [3.63, 3.8) is 0 Å². The van der Waals surface area contributed by atoms with Crippen molar-refractivity contribution < 1.29 is 34.1 Å². The van der Waals surface area contributed by atoms with Gasteiger partial charge in [0.25, 0.3) is 5.91 Å². The predicted molar refractivity (Wildman–Crippen MR) is 114 cm³/mol. The highest BCUT2D eigenvalue weighted by Crippen LogP contribution is 2.31. The summed E-state index contributed by atoms with van der Waals surface area (Å²) in [6.45, 7) is 0.585. The molecule has 33 heavy (non-hydrogen) atoms. The van der Waals surface area contributed by atoms with Crippen LogP contribution in [0.5, 0.6) is 5.88 Å². The number of carboxylic acid groups (broad SMARTS) is 2. The summed E-state index contributed by atoms with van der Waals surface area (Å²) < 4.78 is 14.3. The number of benzene rings is 1. The van der Waals surface area contributed by atoms with E-state index >= 15 is 0 Å². The molecule has 2 atom stereocenters. The molecule has 12 heteroatoms.